The van der Waals surface area contributed by atoms with E-state index in [-0.39, 0.29) is 27.4 Å². The summed E-state index contributed by atoms with van der Waals surface area (Å²) in [4.78, 5) is 0.144. The Morgan fingerprint density at radius 2 is 1.65 bits per heavy atom. The first-order valence-electron chi connectivity index (χ1n) is 6.03. The minimum Gasteiger partial charge on any atom is -0.598 e. The van der Waals surface area contributed by atoms with Crippen LogP contribution >= 0.6 is 11.8 Å². The second kappa shape index (κ2) is 6.60. The van der Waals surface area contributed by atoms with Crippen LogP contribution in [0.25, 0.3) is 0 Å². The lowest BCUT2D eigenvalue weighted by atomic mass is 10.1. The third-order valence-electron chi connectivity index (χ3n) is 2.45. The van der Waals surface area contributed by atoms with Crippen molar-refractivity contribution in [2.45, 2.75) is 48.9 Å². The first kappa shape index (κ1) is 17.7. The molecule has 1 aromatic rings. The van der Waals surface area contributed by atoms with Crippen molar-refractivity contribution in [2.75, 3.05) is 0 Å². The summed E-state index contributed by atoms with van der Waals surface area (Å²) >= 11 is -1.37. The van der Waals surface area contributed by atoms with Crippen molar-refractivity contribution in [3.63, 3.8) is 0 Å². The molecule has 0 radical (unpaired) electrons. The molecule has 114 valence electrons. The maximum atomic E-state index is 12.2. The fraction of sp³-hybridized carbons (Fsp3) is 0.538. The number of rotatable bonds is 4. The summed E-state index contributed by atoms with van der Waals surface area (Å²) in [5, 5.41) is 0. The van der Waals surface area contributed by atoms with E-state index in [9.17, 15) is 17.7 Å². The van der Waals surface area contributed by atoms with Crippen molar-refractivity contribution >= 4 is 23.1 Å². The molecule has 0 amide bonds. The molecule has 0 saturated heterocycles. The summed E-state index contributed by atoms with van der Waals surface area (Å²) in [5.74, 6) is 0. The van der Waals surface area contributed by atoms with Gasteiger partial charge in [-0.1, -0.05) is 12.1 Å². The van der Waals surface area contributed by atoms with E-state index in [1.54, 1.807) is 12.1 Å². The highest BCUT2D eigenvalue weighted by molar-refractivity contribution is 8.00. The zero-order valence-electron chi connectivity index (χ0n) is 11.7. The summed E-state index contributed by atoms with van der Waals surface area (Å²) in [5.41, 5.74) is -3.48. The summed E-state index contributed by atoms with van der Waals surface area (Å²) in [7, 11) is 0. The van der Waals surface area contributed by atoms with E-state index >= 15 is 0 Å². The minimum atomic E-state index is -4.28. The summed E-state index contributed by atoms with van der Waals surface area (Å²) < 4.78 is 51.2. The molecule has 0 saturated carbocycles. The second-order valence-electron chi connectivity index (χ2n) is 5.34. The Morgan fingerprint density at radius 1 is 1.15 bits per heavy atom. The van der Waals surface area contributed by atoms with Crippen LogP contribution in [0.2, 0.25) is 0 Å². The van der Waals surface area contributed by atoms with E-state index in [2.05, 4.69) is 4.72 Å². The van der Waals surface area contributed by atoms with Crippen LogP contribution in [0.1, 0.15) is 39.3 Å². The molecule has 0 unspecified atom stereocenters. The highest BCUT2D eigenvalue weighted by Gasteiger charge is 2.30. The van der Waals surface area contributed by atoms with Crippen molar-refractivity contribution in [1.29, 1.82) is 0 Å². The lowest BCUT2D eigenvalue weighted by molar-refractivity contribution is -0.0328. The SMILES string of the molecule is C[C@H](N[S@+]([O-])C(C)(C)C)c1ccc(SC(F)(F)F)cc1. The van der Waals surface area contributed by atoms with Gasteiger partial charge in [0.15, 0.2) is 0 Å². The standard InChI is InChI=1S/C13H18F3NOS2/c1-9(17-20(18)12(2,3)4)10-5-7-11(8-6-10)19-13(14,15)16/h5-9,17H,1-4H3/t9-,20+/m0/s1. The molecule has 20 heavy (non-hydrogen) atoms. The fourth-order valence-corrected chi connectivity index (χ4v) is 2.71. The molecule has 2 atom stereocenters. The van der Waals surface area contributed by atoms with Crippen molar-refractivity contribution < 1.29 is 17.7 Å². The molecule has 0 bridgehead atoms. The van der Waals surface area contributed by atoms with Gasteiger partial charge in [-0.3, -0.25) is 0 Å². The van der Waals surface area contributed by atoms with Crippen molar-refractivity contribution in [3.8, 4) is 0 Å². The van der Waals surface area contributed by atoms with Crippen LogP contribution in [0, 0.1) is 0 Å². The van der Waals surface area contributed by atoms with Gasteiger partial charge in [0.25, 0.3) is 0 Å². The van der Waals surface area contributed by atoms with Gasteiger partial charge in [-0.25, -0.2) is 0 Å². The molecular formula is C13H18F3NOS2. The van der Waals surface area contributed by atoms with Crippen LogP contribution in [0.3, 0.4) is 0 Å². The van der Waals surface area contributed by atoms with Crippen LogP contribution in [-0.2, 0) is 11.4 Å². The molecule has 0 aliphatic rings. The molecule has 0 aliphatic carbocycles. The highest BCUT2D eigenvalue weighted by Crippen LogP contribution is 2.37. The highest BCUT2D eigenvalue weighted by atomic mass is 32.2. The lowest BCUT2D eigenvalue weighted by Crippen LogP contribution is -2.40. The molecular weight excluding hydrogens is 307 g/mol. The van der Waals surface area contributed by atoms with Crippen molar-refractivity contribution in [1.82, 2.24) is 4.72 Å². The molecule has 1 N–H and O–H groups in total. The molecule has 1 aromatic carbocycles. The predicted molar refractivity (Wildman–Crippen MR) is 77.8 cm³/mol. The van der Waals surface area contributed by atoms with Crippen LogP contribution in [0.4, 0.5) is 13.2 Å². The Bertz CT molecular complexity index is 429. The number of halogens is 3. The maximum absolute atomic E-state index is 12.2. The molecule has 0 heterocycles. The third-order valence-corrected chi connectivity index (χ3v) is 4.87. The van der Waals surface area contributed by atoms with Gasteiger partial charge in [0.05, 0.1) is 6.04 Å². The van der Waals surface area contributed by atoms with Crippen LogP contribution in [0.15, 0.2) is 29.2 Å². The first-order valence-corrected chi connectivity index (χ1v) is 7.99. The van der Waals surface area contributed by atoms with Crippen LogP contribution < -0.4 is 4.72 Å². The Hall–Kier alpha value is -0.370. The average molecular weight is 325 g/mol. The van der Waals surface area contributed by atoms with Gasteiger partial charge >= 0.3 is 5.51 Å². The molecule has 7 heteroatoms. The topological polar surface area (TPSA) is 35.1 Å². The summed E-state index contributed by atoms with van der Waals surface area (Å²) in [6, 6.07) is 5.88. The van der Waals surface area contributed by atoms with Gasteiger partial charge in [-0.05, 0) is 57.2 Å². The molecule has 2 nitrogen and oxygen atoms in total. The number of nitrogens with one attached hydrogen (secondary N) is 1. The average Bonchev–Trinajstić information content (AvgIpc) is 2.26. The number of alkyl halides is 3. The van der Waals surface area contributed by atoms with E-state index in [0.717, 1.165) is 5.56 Å². The largest absolute Gasteiger partial charge is 0.598 e. The van der Waals surface area contributed by atoms with Gasteiger partial charge in [-0.2, -0.15) is 13.2 Å². The van der Waals surface area contributed by atoms with Crippen molar-refractivity contribution in [2.24, 2.45) is 0 Å². The Morgan fingerprint density at radius 3 is 2.05 bits per heavy atom. The smallest absolute Gasteiger partial charge is 0.446 e. The first-order chi connectivity index (χ1) is 8.99. The molecule has 0 fully saturated rings. The molecule has 0 spiro atoms. The Kier molecular flexibility index (Phi) is 5.83. The maximum Gasteiger partial charge on any atom is 0.446 e. The number of hydrogen-bond donors (Lipinski definition) is 1. The Balaban J connectivity index is 2.69. The quantitative estimate of drug-likeness (QED) is 0.658. The van der Waals surface area contributed by atoms with Gasteiger partial charge in [0.2, 0.25) is 0 Å². The fourth-order valence-electron chi connectivity index (χ4n) is 1.36. The lowest BCUT2D eigenvalue weighted by Gasteiger charge is -2.26. The monoisotopic (exact) mass is 325 g/mol. The van der Waals surface area contributed by atoms with Crippen molar-refractivity contribution in [3.05, 3.63) is 29.8 Å². The van der Waals surface area contributed by atoms with Crippen LogP contribution in [-0.4, -0.2) is 14.8 Å². The molecule has 1 rings (SSSR count). The van der Waals surface area contributed by atoms with E-state index in [1.807, 2.05) is 27.7 Å². The van der Waals surface area contributed by atoms with Gasteiger partial charge < -0.3 is 4.55 Å². The zero-order chi connectivity index (χ0) is 15.6. The van der Waals surface area contributed by atoms with E-state index in [0.29, 0.717) is 0 Å². The van der Waals surface area contributed by atoms with E-state index in [1.165, 1.54) is 12.1 Å². The number of thioether (sulfide) groups is 1. The number of hydrogen-bond acceptors (Lipinski definition) is 3. The summed E-state index contributed by atoms with van der Waals surface area (Å²) in [6.07, 6.45) is 0. The van der Waals surface area contributed by atoms with E-state index in [4.69, 9.17) is 0 Å². The zero-order valence-corrected chi connectivity index (χ0v) is 13.4. The molecule has 0 aromatic heterocycles. The minimum absolute atomic E-state index is 0.141. The van der Waals surface area contributed by atoms with Crippen LogP contribution in [0.5, 0.6) is 0 Å². The predicted octanol–water partition coefficient (Wildman–Crippen LogP) is 4.41. The Labute approximate surface area is 124 Å². The van der Waals surface area contributed by atoms with Gasteiger partial charge in [-0.15, -0.1) is 4.72 Å². The second-order valence-corrected chi connectivity index (χ2v) is 8.47. The number of benzene rings is 1. The third kappa shape index (κ3) is 5.95. The van der Waals surface area contributed by atoms with Gasteiger partial charge in [0.1, 0.15) is 4.75 Å². The molecule has 0 aliphatic heterocycles. The summed E-state index contributed by atoms with van der Waals surface area (Å²) in [6.45, 7) is 7.39. The normalized spacial score (nSPS) is 16.0. The van der Waals surface area contributed by atoms with E-state index < -0.39 is 16.9 Å². The van der Waals surface area contributed by atoms with Gasteiger partial charge in [0, 0.05) is 16.3 Å².